The minimum absolute atomic E-state index is 0.101. The van der Waals surface area contributed by atoms with Crippen molar-refractivity contribution >= 4 is 12.0 Å². The summed E-state index contributed by atoms with van der Waals surface area (Å²) in [7, 11) is 0. The number of aromatic nitrogens is 2. The van der Waals surface area contributed by atoms with Crippen LogP contribution in [0.15, 0.2) is 60.8 Å². The lowest BCUT2D eigenvalue weighted by Gasteiger charge is -2.54. The molecule has 2 saturated heterocycles. The van der Waals surface area contributed by atoms with E-state index >= 15 is 0 Å². The van der Waals surface area contributed by atoms with Gasteiger partial charge in [-0.05, 0) is 41.5 Å². The molecule has 2 aliphatic rings. The van der Waals surface area contributed by atoms with E-state index in [4.69, 9.17) is 14.6 Å². The highest BCUT2D eigenvalue weighted by atomic mass is 16.5. The van der Waals surface area contributed by atoms with Gasteiger partial charge in [0, 0.05) is 30.3 Å². The van der Waals surface area contributed by atoms with Gasteiger partial charge in [-0.15, -0.1) is 0 Å². The van der Waals surface area contributed by atoms with Gasteiger partial charge < -0.3 is 24.8 Å². The van der Waals surface area contributed by atoms with Crippen molar-refractivity contribution in [1.82, 2.24) is 15.3 Å². The lowest BCUT2D eigenvalue weighted by Crippen LogP contribution is -2.66. The first-order valence-corrected chi connectivity index (χ1v) is 12.3. The molecular formula is C29H30N4O4. The number of nitrogens with one attached hydrogen (secondary N) is 1. The van der Waals surface area contributed by atoms with Gasteiger partial charge in [-0.3, -0.25) is 0 Å². The van der Waals surface area contributed by atoms with Crippen LogP contribution in [0.1, 0.15) is 36.2 Å². The van der Waals surface area contributed by atoms with Crippen LogP contribution in [0.3, 0.4) is 0 Å². The third-order valence-corrected chi connectivity index (χ3v) is 6.98. The Bertz CT molecular complexity index is 1310. The van der Waals surface area contributed by atoms with Crippen molar-refractivity contribution < 1.29 is 19.4 Å². The fourth-order valence-corrected chi connectivity index (χ4v) is 4.62. The standard InChI is InChI=1S/C29H30N4O4/c1-28(2,22-7-5-21(6-8-22)4-3-14-31-27(34)35)23-9-11-25(12-10-23)37-16-24-13-15-30-26(32-24)33-17-29(18-33)19-36-20-29/h5-13,15,31H,14,16-20H2,1-2H3,(H,34,35). The van der Waals surface area contributed by atoms with E-state index in [2.05, 4.69) is 70.1 Å². The second kappa shape index (κ2) is 10.1. The molecule has 37 heavy (non-hydrogen) atoms. The topological polar surface area (TPSA) is 96.8 Å². The van der Waals surface area contributed by atoms with Crippen LogP contribution >= 0.6 is 0 Å². The normalized spacial score (nSPS) is 15.7. The quantitative estimate of drug-likeness (QED) is 0.478. The van der Waals surface area contributed by atoms with Gasteiger partial charge in [-0.1, -0.05) is 50.0 Å². The number of nitrogens with zero attached hydrogens (tertiary/aromatic N) is 3. The zero-order valence-corrected chi connectivity index (χ0v) is 21.0. The number of benzene rings is 2. The van der Waals surface area contributed by atoms with Gasteiger partial charge in [0.15, 0.2) is 0 Å². The van der Waals surface area contributed by atoms with Gasteiger partial charge in [0.05, 0.1) is 30.9 Å². The Kier molecular flexibility index (Phi) is 6.72. The Balaban J connectivity index is 1.17. The maximum Gasteiger partial charge on any atom is 0.405 e. The van der Waals surface area contributed by atoms with E-state index in [1.54, 1.807) is 6.20 Å². The molecule has 0 atom stereocenters. The molecule has 3 aromatic rings. The van der Waals surface area contributed by atoms with E-state index in [9.17, 15) is 4.79 Å². The first-order valence-electron chi connectivity index (χ1n) is 12.3. The van der Waals surface area contributed by atoms with Gasteiger partial charge in [-0.2, -0.15) is 0 Å². The maximum atomic E-state index is 10.5. The Morgan fingerprint density at radius 1 is 1.11 bits per heavy atom. The molecule has 2 fully saturated rings. The van der Waals surface area contributed by atoms with E-state index in [-0.39, 0.29) is 12.0 Å². The Hall–Kier alpha value is -4.09. The molecule has 0 saturated carbocycles. The Morgan fingerprint density at radius 3 is 2.41 bits per heavy atom. The lowest BCUT2D eigenvalue weighted by molar-refractivity contribution is -0.127. The van der Waals surface area contributed by atoms with Crippen molar-refractivity contribution in [3.63, 3.8) is 0 Å². The first kappa shape index (κ1) is 24.6. The second-order valence-electron chi connectivity index (χ2n) is 10.2. The summed E-state index contributed by atoms with van der Waals surface area (Å²) in [4.78, 5) is 21.8. The summed E-state index contributed by atoms with van der Waals surface area (Å²) >= 11 is 0. The van der Waals surface area contributed by atoms with Crippen molar-refractivity contribution in [1.29, 1.82) is 0 Å². The van der Waals surface area contributed by atoms with Gasteiger partial charge >= 0.3 is 6.09 Å². The number of carboxylic acid groups (broad SMARTS) is 1. The predicted molar refractivity (Wildman–Crippen MR) is 140 cm³/mol. The van der Waals surface area contributed by atoms with Gasteiger partial charge in [0.1, 0.15) is 12.4 Å². The van der Waals surface area contributed by atoms with Gasteiger partial charge in [0.25, 0.3) is 0 Å². The van der Waals surface area contributed by atoms with Crippen molar-refractivity contribution in [2.24, 2.45) is 5.41 Å². The van der Waals surface area contributed by atoms with E-state index < -0.39 is 6.09 Å². The highest BCUT2D eigenvalue weighted by Crippen LogP contribution is 2.39. The van der Waals surface area contributed by atoms with E-state index in [0.29, 0.717) is 12.0 Å². The molecule has 1 aromatic heterocycles. The summed E-state index contributed by atoms with van der Waals surface area (Å²) in [5.74, 6) is 7.31. The number of rotatable bonds is 7. The van der Waals surface area contributed by atoms with Gasteiger partial charge in [0.2, 0.25) is 5.95 Å². The monoisotopic (exact) mass is 498 g/mol. The molecule has 3 heterocycles. The maximum absolute atomic E-state index is 10.5. The van der Waals surface area contributed by atoms with Crippen molar-refractivity contribution in [3.8, 4) is 17.6 Å². The summed E-state index contributed by atoms with van der Waals surface area (Å²) in [5.41, 5.74) is 4.13. The third-order valence-electron chi connectivity index (χ3n) is 6.98. The molecule has 2 aromatic carbocycles. The van der Waals surface area contributed by atoms with Crippen LogP contribution in [0.25, 0.3) is 0 Å². The number of ether oxygens (including phenoxy) is 2. The molecule has 1 spiro atoms. The fraction of sp³-hybridized carbons (Fsp3) is 0.345. The number of amides is 1. The Labute approximate surface area is 216 Å². The number of hydrogen-bond acceptors (Lipinski definition) is 6. The van der Waals surface area contributed by atoms with Crippen LogP contribution in [0.2, 0.25) is 0 Å². The van der Waals surface area contributed by atoms with Crippen molar-refractivity contribution in [2.75, 3.05) is 37.7 Å². The third kappa shape index (κ3) is 5.52. The van der Waals surface area contributed by atoms with Crippen LogP contribution in [0, 0.1) is 17.3 Å². The molecule has 5 rings (SSSR count). The van der Waals surface area contributed by atoms with Gasteiger partial charge in [-0.25, -0.2) is 14.8 Å². The van der Waals surface area contributed by atoms with Crippen LogP contribution in [0.5, 0.6) is 5.75 Å². The molecule has 190 valence electrons. The molecule has 0 aliphatic carbocycles. The average Bonchev–Trinajstić information content (AvgIpc) is 2.84. The molecule has 2 N–H and O–H groups in total. The summed E-state index contributed by atoms with van der Waals surface area (Å²) in [6.45, 7) is 8.43. The zero-order valence-electron chi connectivity index (χ0n) is 21.0. The van der Waals surface area contributed by atoms with Crippen molar-refractivity contribution in [2.45, 2.75) is 25.9 Å². The molecular weight excluding hydrogens is 468 g/mol. The summed E-state index contributed by atoms with van der Waals surface area (Å²) in [6.07, 6.45) is 0.713. The molecule has 8 nitrogen and oxygen atoms in total. The van der Waals surface area contributed by atoms with Crippen LogP contribution in [-0.4, -0.2) is 54.0 Å². The minimum atomic E-state index is -1.08. The van der Waals surface area contributed by atoms with E-state index in [1.165, 1.54) is 5.56 Å². The first-order chi connectivity index (χ1) is 17.8. The molecule has 1 amide bonds. The largest absolute Gasteiger partial charge is 0.487 e. The van der Waals surface area contributed by atoms with E-state index in [1.807, 2.05) is 30.3 Å². The molecule has 2 aliphatic heterocycles. The van der Waals surface area contributed by atoms with Crippen molar-refractivity contribution in [3.05, 3.63) is 83.2 Å². The molecule has 0 bridgehead atoms. The van der Waals surface area contributed by atoms with Crippen LogP contribution in [0.4, 0.5) is 10.7 Å². The van der Waals surface area contributed by atoms with Crippen LogP contribution < -0.4 is 15.0 Å². The summed E-state index contributed by atoms with van der Waals surface area (Å²) < 4.78 is 11.4. The molecule has 0 unspecified atom stereocenters. The molecule has 8 heteroatoms. The lowest BCUT2D eigenvalue weighted by atomic mass is 9.78. The highest BCUT2D eigenvalue weighted by molar-refractivity contribution is 5.64. The van der Waals surface area contributed by atoms with Crippen LogP contribution in [-0.2, 0) is 16.8 Å². The molecule has 0 radical (unpaired) electrons. The highest BCUT2D eigenvalue weighted by Gasteiger charge is 2.49. The summed E-state index contributed by atoms with van der Waals surface area (Å²) in [5, 5.41) is 10.8. The minimum Gasteiger partial charge on any atom is -0.487 e. The number of carbonyl (C=O) groups is 1. The SMILES string of the molecule is CC(C)(c1ccc(C#CCNC(=O)O)cc1)c1ccc(OCc2ccnc(N3CC4(COC4)C3)n2)cc1. The fourth-order valence-electron chi connectivity index (χ4n) is 4.62. The smallest absolute Gasteiger partial charge is 0.405 e. The number of hydrogen-bond donors (Lipinski definition) is 2. The van der Waals surface area contributed by atoms with E-state index in [0.717, 1.165) is 54.8 Å². The Morgan fingerprint density at radius 2 is 1.78 bits per heavy atom. The second-order valence-corrected chi connectivity index (χ2v) is 10.2. The summed E-state index contributed by atoms with van der Waals surface area (Å²) in [6, 6.07) is 18.1. The number of anilines is 1. The zero-order chi connectivity index (χ0) is 25.9. The predicted octanol–water partition coefficient (Wildman–Crippen LogP) is 3.84. The average molecular weight is 499 g/mol.